The predicted molar refractivity (Wildman–Crippen MR) is 100 cm³/mol. The van der Waals surface area contributed by atoms with Gasteiger partial charge in [-0.05, 0) is 43.1 Å². The van der Waals surface area contributed by atoms with Gasteiger partial charge in [0.05, 0.1) is 24.0 Å². The average molecular weight is 373 g/mol. The Labute approximate surface area is 152 Å². The fraction of sp³-hybridized carbons (Fsp3) is 0.556. The smallest absolute Gasteiger partial charge is 0.211 e. The summed E-state index contributed by atoms with van der Waals surface area (Å²) >= 11 is 0. The molecule has 2 fully saturated rings. The van der Waals surface area contributed by atoms with E-state index in [4.69, 9.17) is 4.98 Å². The summed E-state index contributed by atoms with van der Waals surface area (Å²) in [5, 5.41) is 0.981. The molecule has 2 saturated carbocycles. The van der Waals surface area contributed by atoms with Crippen LogP contribution in [0.15, 0.2) is 18.5 Å². The lowest BCUT2D eigenvalue weighted by Crippen LogP contribution is -2.37. The topological polar surface area (TPSA) is 94.7 Å². The van der Waals surface area contributed by atoms with Crippen LogP contribution in [0.3, 0.4) is 0 Å². The van der Waals surface area contributed by atoms with Crippen molar-refractivity contribution in [2.45, 2.75) is 31.7 Å². The number of rotatable bonds is 4. The van der Waals surface area contributed by atoms with Gasteiger partial charge in [-0.15, -0.1) is 0 Å². The van der Waals surface area contributed by atoms with Crippen LogP contribution in [-0.4, -0.2) is 46.0 Å². The summed E-state index contributed by atoms with van der Waals surface area (Å²) in [6.45, 7) is 0. The van der Waals surface area contributed by atoms with Crippen LogP contribution in [0.1, 0.15) is 37.5 Å². The molecule has 0 aliphatic heterocycles. The lowest BCUT2D eigenvalue weighted by atomic mass is 9.83. The Kier molecular flexibility index (Phi) is 3.46. The second kappa shape index (κ2) is 5.53. The van der Waals surface area contributed by atoms with Crippen molar-refractivity contribution in [2.75, 3.05) is 13.3 Å². The number of hydrogen-bond donors (Lipinski definition) is 2. The molecular weight excluding hydrogens is 350 g/mol. The van der Waals surface area contributed by atoms with Gasteiger partial charge >= 0.3 is 0 Å². The minimum absolute atomic E-state index is 0.248. The standard InChI is InChI=1S/C18H23N5O2S/c1-23(26(2,24)25)16(13-8-10-3-4-11(13)7-10)18-21-14-9-20-17-12(5-6-19-17)15(14)22-18/h5-6,9-11,13,16H,3-4,7-8H2,1-2H3,(H,19,20)(H,21,22). The molecule has 8 heteroatoms. The van der Waals surface area contributed by atoms with Gasteiger partial charge in [0.15, 0.2) is 0 Å². The number of nitrogens with one attached hydrogen (secondary N) is 2. The molecule has 0 amide bonds. The fourth-order valence-corrected chi connectivity index (χ4v) is 5.84. The first-order chi connectivity index (χ1) is 12.4. The SMILES string of the molecule is CN(C(c1nc2cnc3[nH]ccc3c2[nH]1)C1CC2CCC1C2)S(C)(=O)=O. The summed E-state index contributed by atoms with van der Waals surface area (Å²) in [6.07, 6.45) is 9.67. The third-order valence-corrected chi connectivity index (χ3v) is 7.73. The van der Waals surface area contributed by atoms with E-state index in [0.717, 1.165) is 40.2 Å². The minimum Gasteiger partial charge on any atom is -0.346 e. The van der Waals surface area contributed by atoms with Crippen LogP contribution in [0.2, 0.25) is 0 Å². The molecule has 2 aliphatic carbocycles. The van der Waals surface area contributed by atoms with Gasteiger partial charge in [-0.1, -0.05) is 6.42 Å². The first-order valence-electron chi connectivity index (χ1n) is 9.16. The molecule has 3 aromatic heterocycles. The van der Waals surface area contributed by atoms with Crippen LogP contribution in [0.5, 0.6) is 0 Å². The van der Waals surface area contributed by atoms with Crippen LogP contribution in [0.25, 0.3) is 22.1 Å². The van der Waals surface area contributed by atoms with E-state index in [1.165, 1.54) is 29.8 Å². The number of sulfonamides is 1. The highest BCUT2D eigenvalue weighted by Crippen LogP contribution is 2.53. The largest absolute Gasteiger partial charge is 0.346 e. The normalized spacial score (nSPS) is 27.1. The van der Waals surface area contributed by atoms with Gasteiger partial charge in [-0.3, -0.25) is 0 Å². The van der Waals surface area contributed by atoms with Crippen LogP contribution in [-0.2, 0) is 10.0 Å². The van der Waals surface area contributed by atoms with E-state index >= 15 is 0 Å². The third-order valence-electron chi connectivity index (χ3n) is 6.45. The van der Waals surface area contributed by atoms with Crippen molar-refractivity contribution < 1.29 is 8.42 Å². The summed E-state index contributed by atoms with van der Waals surface area (Å²) in [5.74, 6) is 2.39. The van der Waals surface area contributed by atoms with E-state index in [-0.39, 0.29) is 6.04 Å². The van der Waals surface area contributed by atoms with Gasteiger partial charge in [0, 0.05) is 18.6 Å². The Bertz CT molecular complexity index is 1090. The summed E-state index contributed by atoms with van der Waals surface area (Å²) in [5.41, 5.74) is 2.50. The van der Waals surface area contributed by atoms with Crippen molar-refractivity contribution in [3.05, 3.63) is 24.3 Å². The second-order valence-electron chi connectivity index (χ2n) is 7.94. The second-order valence-corrected chi connectivity index (χ2v) is 9.99. The number of aromatic amines is 2. The Morgan fingerprint density at radius 2 is 2.15 bits per heavy atom. The highest BCUT2D eigenvalue weighted by Gasteiger charge is 2.47. The molecule has 2 N–H and O–H groups in total. The van der Waals surface area contributed by atoms with E-state index < -0.39 is 10.0 Å². The lowest BCUT2D eigenvalue weighted by molar-refractivity contribution is 0.191. The highest BCUT2D eigenvalue weighted by molar-refractivity contribution is 7.88. The number of fused-ring (bicyclic) bond motifs is 5. The number of imidazole rings is 1. The van der Waals surface area contributed by atoms with E-state index in [0.29, 0.717) is 11.8 Å². The third kappa shape index (κ3) is 2.39. The van der Waals surface area contributed by atoms with E-state index in [1.54, 1.807) is 13.2 Å². The number of hydrogen-bond acceptors (Lipinski definition) is 4. The Morgan fingerprint density at radius 3 is 2.85 bits per heavy atom. The maximum absolute atomic E-state index is 12.4. The van der Waals surface area contributed by atoms with E-state index in [9.17, 15) is 8.42 Å². The molecule has 0 aromatic carbocycles. The summed E-state index contributed by atoms with van der Waals surface area (Å²) in [7, 11) is -1.64. The van der Waals surface area contributed by atoms with Crippen LogP contribution < -0.4 is 0 Å². The van der Waals surface area contributed by atoms with Gasteiger partial charge < -0.3 is 9.97 Å². The molecule has 0 radical (unpaired) electrons. The van der Waals surface area contributed by atoms with Crippen molar-refractivity contribution in [1.29, 1.82) is 0 Å². The molecule has 0 saturated heterocycles. The van der Waals surface area contributed by atoms with Crippen molar-refractivity contribution in [3.8, 4) is 0 Å². The van der Waals surface area contributed by atoms with E-state index in [1.807, 2.05) is 12.3 Å². The molecular formula is C18H23N5O2S. The molecule has 0 spiro atoms. The molecule has 4 atom stereocenters. The zero-order valence-electron chi connectivity index (χ0n) is 14.9. The van der Waals surface area contributed by atoms with Crippen molar-refractivity contribution in [2.24, 2.45) is 17.8 Å². The predicted octanol–water partition coefficient (Wildman–Crippen LogP) is 2.81. The number of aromatic nitrogens is 4. The number of H-pyrrole nitrogens is 2. The monoisotopic (exact) mass is 373 g/mol. The molecule has 2 aliphatic rings. The Balaban J connectivity index is 1.65. The number of pyridine rings is 1. The molecule has 5 rings (SSSR count). The fourth-order valence-electron chi connectivity index (χ4n) is 5.17. The van der Waals surface area contributed by atoms with Crippen molar-refractivity contribution in [1.82, 2.24) is 24.2 Å². The summed E-state index contributed by atoms with van der Waals surface area (Å²) < 4.78 is 26.2. The van der Waals surface area contributed by atoms with Gasteiger partial charge in [-0.25, -0.2) is 18.4 Å². The maximum atomic E-state index is 12.4. The molecule has 3 heterocycles. The first-order valence-corrected chi connectivity index (χ1v) is 11.0. The van der Waals surface area contributed by atoms with E-state index in [2.05, 4.69) is 15.0 Å². The molecule has 4 unspecified atom stereocenters. The van der Waals surface area contributed by atoms with Gasteiger partial charge in [0.2, 0.25) is 10.0 Å². The van der Waals surface area contributed by atoms with Crippen molar-refractivity contribution in [3.63, 3.8) is 0 Å². The zero-order valence-corrected chi connectivity index (χ0v) is 15.8. The minimum atomic E-state index is -3.32. The van der Waals surface area contributed by atoms with Crippen molar-refractivity contribution >= 4 is 32.1 Å². The summed E-state index contributed by atoms with van der Waals surface area (Å²) in [6, 6.07) is 1.72. The first kappa shape index (κ1) is 16.3. The molecule has 2 bridgehead atoms. The Hall–Kier alpha value is -1.93. The quantitative estimate of drug-likeness (QED) is 0.735. The van der Waals surface area contributed by atoms with Gasteiger partial charge in [-0.2, -0.15) is 4.31 Å². The highest BCUT2D eigenvalue weighted by atomic mass is 32.2. The molecule has 7 nitrogen and oxygen atoms in total. The Morgan fingerprint density at radius 1 is 1.31 bits per heavy atom. The van der Waals surface area contributed by atoms with Gasteiger partial charge in [0.1, 0.15) is 17.0 Å². The molecule has 3 aromatic rings. The van der Waals surface area contributed by atoms with Crippen LogP contribution in [0, 0.1) is 17.8 Å². The summed E-state index contributed by atoms with van der Waals surface area (Å²) in [4.78, 5) is 15.7. The lowest BCUT2D eigenvalue weighted by Gasteiger charge is -2.34. The maximum Gasteiger partial charge on any atom is 0.211 e. The number of nitrogens with zero attached hydrogens (tertiary/aromatic N) is 3. The molecule has 26 heavy (non-hydrogen) atoms. The molecule has 138 valence electrons. The average Bonchev–Trinajstić information content (AvgIpc) is 3.36. The van der Waals surface area contributed by atoms with Crippen LogP contribution in [0.4, 0.5) is 0 Å². The van der Waals surface area contributed by atoms with Crippen LogP contribution >= 0.6 is 0 Å². The van der Waals surface area contributed by atoms with Gasteiger partial charge in [0.25, 0.3) is 0 Å². The zero-order chi connectivity index (χ0) is 18.1.